The number of carbonyl (C=O) groups is 2. The predicted molar refractivity (Wildman–Crippen MR) is 248 cm³/mol. The quantitative estimate of drug-likeness (QED) is 0.137. The lowest BCUT2D eigenvalue weighted by molar-refractivity contribution is -0.145. The van der Waals surface area contributed by atoms with E-state index < -0.39 is 44.1 Å². The van der Waals surface area contributed by atoms with E-state index in [0.717, 1.165) is 37.1 Å². The topological polar surface area (TPSA) is 130 Å². The number of hydrogen-bond acceptors (Lipinski definition) is 9. The van der Waals surface area contributed by atoms with Gasteiger partial charge >= 0.3 is 24.3 Å². The van der Waals surface area contributed by atoms with Gasteiger partial charge in [-0.3, -0.25) is 23.8 Å². The van der Waals surface area contributed by atoms with Gasteiger partial charge in [0.05, 0.1) is 45.9 Å². The van der Waals surface area contributed by atoms with Crippen molar-refractivity contribution in [1.29, 1.82) is 0 Å². The number of cyclic esters (lactones) is 2. The first-order valence-corrected chi connectivity index (χ1v) is 26.6. The van der Waals surface area contributed by atoms with Gasteiger partial charge in [0.15, 0.2) is 9.84 Å². The molecule has 2 aromatic heterocycles. The molecule has 4 aromatic rings. The second-order valence-corrected chi connectivity index (χ2v) is 23.3. The van der Waals surface area contributed by atoms with Crippen LogP contribution in [0.4, 0.5) is 26.3 Å². The molecular weight excluding hydrogens is 943 g/mol. The zero-order valence-electron chi connectivity index (χ0n) is 37.8. The van der Waals surface area contributed by atoms with E-state index in [0.29, 0.717) is 63.9 Å². The van der Waals surface area contributed by atoms with Crippen LogP contribution in [0.25, 0.3) is 34.4 Å². The number of sulfone groups is 1. The highest BCUT2D eigenvalue weighted by molar-refractivity contribution is 7.91. The number of ether oxygens (including phenoxy) is 2. The number of carbonyl (C=O) groups excluding carboxylic acids is 2. The molecule has 4 saturated heterocycles. The Kier molecular flexibility index (Phi) is 13.6. The largest absolute Gasteiger partial charge is 0.462 e. The molecule has 17 heteroatoms. The van der Waals surface area contributed by atoms with Crippen LogP contribution in [0.15, 0.2) is 97.3 Å². The van der Waals surface area contributed by atoms with Crippen molar-refractivity contribution in [3.8, 4) is 22.3 Å². The normalized spacial score (nSPS) is 32.8. The molecule has 2 aliphatic carbocycles. The van der Waals surface area contributed by atoms with Gasteiger partial charge in [0.2, 0.25) is 0 Å². The fourth-order valence-corrected chi connectivity index (χ4v) is 15.5. The molecule has 0 amide bonds. The number of nitrogens with zero attached hydrogens (tertiary/aromatic N) is 2. The Hall–Kier alpha value is -5.16. The molecule has 1 unspecified atom stereocenters. The highest BCUT2D eigenvalue weighted by atomic mass is 32.2. The number of pyridine rings is 2. The van der Waals surface area contributed by atoms with Crippen LogP contribution in [0.1, 0.15) is 62.0 Å². The minimum Gasteiger partial charge on any atom is -0.462 e. The smallest absolute Gasteiger partial charge is 0.416 e. The van der Waals surface area contributed by atoms with Crippen LogP contribution in [-0.4, -0.2) is 69.8 Å². The molecule has 9 nitrogen and oxygen atoms in total. The van der Waals surface area contributed by atoms with Gasteiger partial charge in [-0.25, -0.2) is 8.42 Å². The second kappa shape index (κ2) is 19.2. The first kappa shape index (κ1) is 48.8. The van der Waals surface area contributed by atoms with Gasteiger partial charge in [-0.05, 0) is 135 Å². The third-order valence-corrected chi connectivity index (χ3v) is 18.6. The Morgan fingerprint density at radius 2 is 1.13 bits per heavy atom. The van der Waals surface area contributed by atoms with E-state index in [-0.39, 0.29) is 88.9 Å². The van der Waals surface area contributed by atoms with Crippen LogP contribution in [-0.2, 0) is 52.1 Å². The van der Waals surface area contributed by atoms with Gasteiger partial charge in [0.1, 0.15) is 12.2 Å². The number of esters is 2. The molecular formula is C52H52F6N2O7S2. The summed E-state index contributed by atoms with van der Waals surface area (Å²) in [4.78, 5) is 33.8. The summed E-state index contributed by atoms with van der Waals surface area (Å²) in [6, 6.07) is 17.4. The maximum atomic E-state index is 13.0. The van der Waals surface area contributed by atoms with E-state index in [1.165, 1.54) is 12.1 Å². The molecule has 6 heterocycles. The molecule has 0 N–H and O–H groups in total. The molecule has 13 atom stereocenters. The second-order valence-electron chi connectivity index (χ2n) is 19.4. The highest BCUT2D eigenvalue weighted by Gasteiger charge is 2.56. The van der Waals surface area contributed by atoms with E-state index in [9.17, 15) is 48.6 Å². The lowest BCUT2D eigenvalue weighted by Gasteiger charge is -2.45. The summed E-state index contributed by atoms with van der Waals surface area (Å²) < 4.78 is 126. The molecule has 69 heavy (non-hydrogen) atoms. The highest BCUT2D eigenvalue weighted by Crippen LogP contribution is 2.53. The SMILES string of the molecule is C[C@H]1OC(=O)[C@@H]2C[C@@H]3CS(=O)(=O)CC[C@H]3[C@H](/C=C/c3ccc(-c4cccc(C(F)(F)F)c4)cn3)[C@H]12.C[C@H]1OC(=O)[C@@H]2C[C@@H]3CS(=O)CC[C@H]3[C@H](/C=C/c3ccc(-c4cccc(C(F)(F)F)c4)cn3)[C@H]12. The van der Waals surface area contributed by atoms with Gasteiger partial charge in [-0.2, -0.15) is 26.3 Å². The zero-order valence-corrected chi connectivity index (χ0v) is 39.4. The maximum Gasteiger partial charge on any atom is 0.416 e. The van der Waals surface area contributed by atoms with E-state index in [1.807, 2.05) is 32.1 Å². The molecule has 6 fully saturated rings. The minimum atomic E-state index is -4.41. The van der Waals surface area contributed by atoms with Crippen LogP contribution in [0, 0.1) is 59.2 Å². The van der Waals surface area contributed by atoms with Gasteiger partial charge in [0.25, 0.3) is 0 Å². The lowest BCUT2D eigenvalue weighted by Crippen LogP contribution is -2.47. The number of halogens is 6. The average Bonchev–Trinajstić information content (AvgIpc) is 3.76. The Morgan fingerprint density at radius 3 is 1.59 bits per heavy atom. The van der Waals surface area contributed by atoms with E-state index in [1.54, 1.807) is 48.8 Å². The summed E-state index contributed by atoms with van der Waals surface area (Å²) in [5.74, 6) is 1.65. The fraction of sp³-hybridized carbons (Fsp3) is 0.462. The third kappa shape index (κ3) is 10.5. The van der Waals surface area contributed by atoms with Crippen molar-refractivity contribution in [1.82, 2.24) is 9.97 Å². The van der Waals surface area contributed by atoms with Crippen LogP contribution < -0.4 is 0 Å². The molecule has 6 aliphatic rings. The maximum absolute atomic E-state index is 13.0. The van der Waals surface area contributed by atoms with Crippen LogP contribution in [0.5, 0.6) is 0 Å². The van der Waals surface area contributed by atoms with Gasteiger partial charge < -0.3 is 9.47 Å². The molecule has 2 aromatic carbocycles. The van der Waals surface area contributed by atoms with Crippen molar-refractivity contribution in [3.63, 3.8) is 0 Å². The molecule has 0 bridgehead atoms. The fourth-order valence-electron chi connectivity index (χ4n) is 12.2. The first-order chi connectivity index (χ1) is 32.7. The zero-order chi connectivity index (χ0) is 49.0. The van der Waals surface area contributed by atoms with Gasteiger partial charge in [-0.1, -0.05) is 48.6 Å². The van der Waals surface area contributed by atoms with Crippen LogP contribution in [0.2, 0.25) is 0 Å². The van der Waals surface area contributed by atoms with Crippen LogP contribution in [0.3, 0.4) is 0 Å². The number of allylic oxidation sites excluding steroid dienone is 2. The van der Waals surface area contributed by atoms with E-state index >= 15 is 0 Å². The Morgan fingerprint density at radius 1 is 0.652 bits per heavy atom. The first-order valence-electron chi connectivity index (χ1n) is 23.3. The number of hydrogen-bond donors (Lipinski definition) is 0. The van der Waals surface area contributed by atoms with Gasteiger partial charge in [-0.15, -0.1) is 0 Å². The molecule has 10 rings (SSSR count). The number of benzene rings is 2. The number of rotatable bonds is 6. The predicted octanol–water partition coefficient (Wildman–Crippen LogP) is 10.4. The number of alkyl halides is 6. The van der Waals surface area contributed by atoms with Crippen molar-refractivity contribution in [2.24, 2.45) is 59.2 Å². The van der Waals surface area contributed by atoms with Crippen molar-refractivity contribution in [2.75, 3.05) is 23.0 Å². The summed E-state index contributed by atoms with van der Waals surface area (Å²) in [6.07, 6.45) is 4.59. The standard InChI is InChI=1S/C26H26F3NO4S.C26H26F3NO3S/c1-15-24-22(21-9-10-35(32,33)14-18(21)12-23(24)25(31)34-15)8-7-20-6-5-17(13-30-20)16-3-2-4-19(11-16)26(27,28)29;1-15-24-22(21-9-10-34(32)14-18(21)12-23(24)25(31)33-15)8-7-20-6-5-17(13-30-20)16-3-2-4-19(11-16)26(27,28)29/h2-8,11,13,15,18,21-24H,9-10,12,14H2,1H3;2-8,11,13,15,18,21-24H,9-10,12,14H2,1H3/b2*8-7+/t15-,18-,21-,22+,23-,24+;15-,18-,21-,22+,23-,24+,34?/m11/s1. The molecule has 366 valence electrons. The summed E-state index contributed by atoms with van der Waals surface area (Å²) in [5.41, 5.74) is 2.02. The lowest BCUT2D eigenvalue weighted by atomic mass is 9.60. The van der Waals surface area contributed by atoms with Crippen molar-refractivity contribution in [3.05, 3.63) is 120 Å². The van der Waals surface area contributed by atoms with Gasteiger partial charge in [0, 0.05) is 57.7 Å². The molecule has 0 spiro atoms. The van der Waals surface area contributed by atoms with Crippen molar-refractivity contribution in [2.45, 2.75) is 64.1 Å². The number of fused-ring (bicyclic) bond motifs is 4. The van der Waals surface area contributed by atoms with Crippen molar-refractivity contribution >= 4 is 44.7 Å². The average molecular weight is 995 g/mol. The summed E-state index contributed by atoms with van der Waals surface area (Å²) >= 11 is 0. The Bertz CT molecular complexity index is 2760. The van der Waals surface area contributed by atoms with E-state index in [4.69, 9.17) is 9.47 Å². The monoisotopic (exact) mass is 994 g/mol. The Balaban J connectivity index is 0.000000172. The number of aromatic nitrogens is 2. The van der Waals surface area contributed by atoms with Crippen molar-refractivity contribution < 1.29 is 58.0 Å². The third-order valence-electron chi connectivity index (χ3n) is 15.3. The molecule has 2 saturated carbocycles. The summed E-state index contributed by atoms with van der Waals surface area (Å²) in [6.45, 7) is 3.85. The van der Waals surface area contributed by atoms with Crippen LogP contribution >= 0.6 is 0 Å². The summed E-state index contributed by atoms with van der Waals surface area (Å²) in [7, 11) is -3.93. The summed E-state index contributed by atoms with van der Waals surface area (Å²) in [5, 5.41) is 0. The minimum absolute atomic E-state index is 0.00909. The Labute approximate surface area is 399 Å². The van der Waals surface area contributed by atoms with E-state index in [2.05, 4.69) is 16.0 Å². The molecule has 0 radical (unpaired) electrons. The molecule has 4 aliphatic heterocycles.